The molecule has 2 rings (SSSR count). The Hall–Kier alpha value is -0.810. The fourth-order valence-corrected chi connectivity index (χ4v) is 3.52. The predicted octanol–water partition coefficient (Wildman–Crippen LogP) is 1.71. The van der Waals surface area contributed by atoms with Crippen molar-refractivity contribution in [1.29, 1.82) is 0 Å². The molecule has 1 aliphatic heterocycles. The lowest BCUT2D eigenvalue weighted by Crippen LogP contribution is -2.50. The number of aliphatic hydroxyl groups is 1. The lowest BCUT2D eigenvalue weighted by Gasteiger charge is -2.33. The van der Waals surface area contributed by atoms with Gasteiger partial charge in [0.25, 0.3) is 0 Å². The molecule has 2 fully saturated rings. The summed E-state index contributed by atoms with van der Waals surface area (Å²) in [6.45, 7) is 5.87. The van der Waals surface area contributed by atoms with E-state index < -0.39 is 0 Å². The van der Waals surface area contributed by atoms with E-state index in [1.807, 2.05) is 0 Å². The average molecular weight is 297 g/mol. The lowest BCUT2D eigenvalue weighted by molar-refractivity contribution is 0.170. The first-order chi connectivity index (χ1) is 10.2. The van der Waals surface area contributed by atoms with Crippen LogP contribution in [0.2, 0.25) is 0 Å². The van der Waals surface area contributed by atoms with Crippen molar-refractivity contribution < 1.29 is 9.90 Å². The minimum atomic E-state index is -0.00334. The number of aliphatic hydroxyl groups excluding tert-OH is 1. The molecule has 21 heavy (non-hydrogen) atoms. The molecule has 0 bridgehead atoms. The van der Waals surface area contributed by atoms with E-state index in [0.29, 0.717) is 12.0 Å². The van der Waals surface area contributed by atoms with Crippen LogP contribution in [-0.2, 0) is 0 Å². The molecule has 2 aliphatic rings. The Morgan fingerprint density at radius 2 is 1.62 bits per heavy atom. The van der Waals surface area contributed by atoms with Crippen molar-refractivity contribution in [2.45, 2.75) is 64.0 Å². The lowest BCUT2D eigenvalue weighted by atomic mass is 9.87. The van der Waals surface area contributed by atoms with Crippen LogP contribution >= 0.6 is 0 Å². The molecular formula is C16H31N3O2. The number of rotatable bonds is 5. The highest BCUT2D eigenvalue weighted by atomic mass is 16.3. The first-order valence-electron chi connectivity index (χ1n) is 8.61. The van der Waals surface area contributed by atoms with Crippen molar-refractivity contribution in [1.82, 2.24) is 15.5 Å². The molecule has 0 unspecified atom stereocenters. The van der Waals surface area contributed by atoms with E-state index in [-0.39, 0.29) is 18.7 Å². The van der Waals surface area contributed by atoms with Gasteiger partial charge < -0.3 is 20.6 Å². The highest BCUT2D eigenvalue weighted by Gasteiger charge is 2.24. The Balaban J connectivity index is 1.62. The highest BCUT2D eigenvalue weighted by molar-refractivity contribution is 5.74. The second kappa shape index (κ2) is 8.59. The first kappa shape index (κ1) is 16.6. The van der Waals surface area contributed by atoms with E-state index in [1.165, 1.54) is 13.0 Å². The number of hydrogen-bond acceptors (Lipinski definition) is 3. The smallest absolute Gasteiger partial charge is 0.315 e. The Bertz CT molecular complexity index is 309. The molecule has 0 atom stereocenters. The first-order valence-corrected chi connectivity index (χ1v) is 8.61. The minimum Gasteiger partial charge on any atom is -0.396 e. The number of piperidine rings is 1. The molecule has 1 aliphatic carbocycles. The maximum atomic E-state index is 12.1. The van der Waals surface area contributed by atoms with Crippen LogP contribution in [0, 0.1) is 5.92 Å². The topological polar surface area (TPSA) is 64.6 Å². The average Bonchev–Trinajstić information content (AvgIpc) is 2.50. The number of carbonyl (C=O) groups is 1. The Morgan fingerprint density at radius 1 is 1.05 bits per heavy atom. The third kappa shape index (κ3) is 5.47. The SMILES string of the molecule is CCCN1CCC(NC(=O)NC2CCC(CO)CC2)CC1. The van der Waals surface area contributed by atoms with Crippen molar-refractivity contribution in [2.24, 2.45) is 5.92 Å². The molecule has 5 nitrogen and oxygen atoms in total. The van der Waals surface area contributed by atoms with Gasteiger partial charge in [-0.2, -0.15) is 0 Å². The zero-order chi connectivity index (χ0) is 15.1. The van der Waals surface area contributed by atoms with Gasteiger partial charge in [-0.1, -0.05) is 6.92 Å². The molecule has 0 aromatic rings. The molecule has 2 amide bonds. The van der Waals surface area contributed by atoms with Crippen LogP contribution in [0.15, 0.2) is 0 Å². The Labute approximate surface area is 128 Å². The van der Waals surface area contributed by atoms with Gasteiger partial charge >= 0.3 is 6.03 Å². The monoisotopic (exact) mass is 297 g/mol. The van der Waals surface area contributed by atoms with Crippen molar-refractivity contribution in [3.8, 4) is 0 Å². The quantitative estimate of drug-likeness (QED) is 0.724. The van der Waals surface area contributed by atoms with Crippen molar-refractivity contribution in [3.05, 3.63) is 0 Å². The van der Waals surface area contributed by atoms with Crippen LogP contribution < -0.4 is 10.6 Å². The van der Waals surface area contributed by atoms with Crippen LogP contribution in [0.25, 0.3) is 0 Å². The third-order valence-corrected chi connectivity index (χ3v) is 4.90. The van der Waals surface area contributed by atoms with Crippen LogP contribution in [-0.4, -0.2) is 54.4 Å². The fraction of sp³-hybridized carbons (Fsp3) is 0.938. The maximum Gasteiger partial charge on any atom is 0.315 e. The molecule has 1 saturated carbocycles. The summed E-state index contributed by atoms with van der Waals surface area (Å²) in [7, 11) is 0. The van der Waals surface area contributed by atoms with Crippen LogP contribution in [0.4, 0.5) is 4.79 Å². The predicted molar refractivity (Wildman–Crippen MR) is 84.3 cm³/mol. The minimum absolute atomic E-state index is 0.00334. The van der Waals surface area contributed by atoms with Crippen molar-refractivity contribution in [3.63, 3.8) is 0 Å². The summed E-state index contributed by atoms with van der Waals surface area (Å²) in [5, 5.41) is 15.4. The molecule has 5 heteroatoms. The van der Waals surface area contributed by atoms with E-state index in [2.05, 4.69) is 22.5 Å². The van der Waals surface area contributed by atoms with Gasteiger partial charge in [-0.05, 0) is 57.4 Å². The van der Waals surface area contributed by atoms with Crippen molar-refractivity contribution >= 4 is 6.03 Å². The van der Waals surface area contributed by atoms with E-state index in [4.69, 9.17) is 5.11 Å². The number of nitrogens with one attached hydrogen (secondary N) is 2. The molecule has 0 aromatic carbocycles. The van der Waals surface area contributed by atoms with Crippen molar-refractivity contribution in [2.75, 3.05) is 26.2 Å². The molecular weight excluding hydrogens is 266 g/mol. The van der Waals surface area contributed by atoms with Gasteiger partial charge in [0.2, 0.25) is 0 Å². The molecule has 0 aromatic heterocycles. The van der Waals surface area contributed by atoms with Gasteiger partial charge in [0.05, 0.1) is 0 Å². The van der Waals surface area contributed by atoms with E-state index in [1.54, 1.807) is 0 Å². The number of urea groups is 1. The summed E-state index contributed by atoms with van der Waals surface area (Å²) in [6, 6.07) is 0.608. The number of amides is 2. The summed E-state index contributed by atoms with van der Waals surface area (Å²) in [6.07, 6.45) is 7.36. The van der Waals surface area contributed by atoms with E-state index in [9.17, 15) is 4.79 Å². The highest BCUT2D eigenvalue weighted by Crippen LogP contribution is 2.23. The molecule has 3 N–H and O–H groups in total. The summed E-state index contributed by atoms with van der Waals surface area (Å²) in [5.41, 5.74) is 0. The number of nitrogens with zero attached hydrogens (tertiary/aromatic N) is 1. The second-order valence-electron chi connectivity index (χ2n) is 6.63. The summed E-state index contributed by atoms with van der Waals surface area (Å²) >= 11 is 0. The maximum absolute atomic E-state index is 12.1. The molecule has 0 spiro atoms. The Kier molecular flexibility index (Phi) is 6.77. The van der Waals surface area contributed by atoms with Gasteiger partial charge in [0.15, 0.2) is 0 Å². The number of hydrogen-bond donors (Lipinski definition) is 3. The fourth-order valence-electron chi connectivity index (χ4n) is 3.52. The van der Waals surface area contributed by atoms with Crippen LogP contribution in [0.3, 0.4) is 0 Å². The Morgan fingerprint density at radius 3 is 2.14 bits per heavy atom. The van der Waals surface area contributed by atoms with Crippen LogP contribution in [0.1, 0.15) is 51.9 Å². The summed E-state index contributed by atoms with van der Waals surface area (Å²) < 4.78 is 0. The molecule has 122 valence electrons. The number of carbonyl (C=O) groups excluding carboxylic acids is 1. The largest absolute Gasteiger partial charge is 0.396 e. The second-order valence-corrected chi connectivity index (χ2v) is 6.63. The number of likely N-dealkylation sites (tertiary alicyclic amines) is 1. The molecule has 1 saturated heterocycles. The van der Waals surface area contributed by atoms with Gasteiger partial charge in [-0.15, -0.1) is 0 Å². The molecule has 0 radical (unpaired) electrons. The summed E-state index contributed by atoms with van der Waals surface area (Å²) in [5.74, 6) is 0.439. The standard InChI is InChI=1S/C16H31N3O2/c1-2-9-19-10-7-15(8-11-19)18-16(21)17-14-5-3-13(12-20)4-6-14/h13-15,20H,2-12H2,1H3,(H2,17,18,21). The van der Waals surface area contributed by atoms with Gasteiger partial charge in [-0.3, -0.25) is 0 Å². The zero-order valence-electron chi connectivity index (χ0n) is 13.3. The van der Waals surface area contributed by atoms with Gasteiger partial charge in [0, 0.05) is 31.8 Å². The van der Waals surface area contributed by atoms with Gasteiger partial charge in [0.1, 0.15) is 0 Å². The molecule has 1 heterocycles. The summed E-state index contributed by atoms with van der Waals surface area (Å²) in [4.78, 5) is 14.5. The van der Waals surface area contributed by atoms with E-state index in [0.717, 1.165) is 51.6 Å². The third-order valence-electron chi connectivity index (χ3n) is 4.90. The zero-order valence-corrected chi connectivity index (χ0v) is 13.3. The van der Waals surface area contributed by atoms with Crippen LogP contribution in [0.5, 0.6) is 0 Å². The normalized spacial score (nSPS) is 28.3. The van der Waals surface area contributed by atoms with Gasteiger partial charge in [-0.25, -0.2) is 4.79 Å². The van der Waals surface area contributed by atoms with E-state index >= 15 is 0 Å².